The number of likely N-dealkylation sites (N-methyl/N-ethyl adjacent to an activating group) is 1. The Morgan fingerprint density at radius 2 is 1.78 bits per heavy atom. The summed E-state index contributed by atoms with van der Waals surface area (Å²) in [6.07, 6.45) is 24.5. The van der Waals surface area contributed by atoms with Gasteiger partial charge in [-0.3, -0.25) is 14.4 Å². The molecule has 49 heavy (non-hydrogen) atoms. The van der Waals surface area contributed by atoms with E-state index >= 15 is 0 Å². The van der Waals surface area contributed by atoms with Gasteiger partial charge in [0, 0.05) is 33.2 Å². The maximum atomic E-state index is 13.2. The fourth-order valence-electron chi connectivity index (χ4n) is 4.62. The highest BCUT2D eigenvalue weighted by molar-refractivity contribution is 5.95. The number of carbonyl (C=O) groups is 3. The molecule has 1 saturated heterocycles. The summed E-state index contributed by atoms with van der Waals surface area (Å²) in [6, 6.07) is -0.651. The number of methoxy groups -OCH3 is 1. The van der Waals surface area contributed by atoms with Crippen LogP contribution in [0.2, 0.25) is 0 Å². The minimum absolute atomic E-state index is 0.171. The molecule has 0 radical (unpaired) electrons. The lowest BCUT2D eigenvalue weighted by Crippen LogP contribution is -2.63. The van der Waals surface area contributed by atoms with Gasteiger partial charge in [-0.1, -0.05) is 72.9 Å². The Hall–Kier alpha value is -4.40. The molecule has 13 heteroatoms. The first kappa shape index (κ1) is 40.8. The van der Waals surface area contributed by atoms with Crippen LogP contribution in [0.25, 0.3) is 0 Å². The smallest absolute Gasteiger partial charge is 0.278 e. The molecule has 13 nitrogen and oxygen atoms in total. The topological polar surface area (TPSA) is 173 Å². The van der Waals surface area contributed by atoms with Crippen LogP contribution < -0.4 is 10.6 Å². The molecule has 2 heterocycles. The normalized spacial score (nSPS) is 19.6. The molecule has 1 aliphatic rings. The minimum Gasteiger partial charge on any atom is -0.448 e. The van der Waals surface area contributed by atoms with Crippen LogP contribution in [0.15, 0.2) is 102 Å². The van der Waals surface area contributed by atoms with Gasteiger partial charge in [0.1, 0.15) is 12.4 Å². The molecule has 1 aliphatic heterocycles. The second kappa shape index (κ2) is 20.9. The summed E-state index contributed by atoms with van der Waals surface area (Å²) in [5.41, 5.74) is -2.12. The molecule has 1 aromatic rings. The highest BCUT2D eigenvalue weighted by Crippen LogP contribution is 2.26. The molecule has 3 amide bonds. The number of aliphatic hydroxyl groups excluding tert-OH is 2. The molecule has 4 N–H and O–H groups in total. The van der Waals surface area contributed by atoms with E-state index in [1.807, 2.05) is 18.2 Å². The number of nitrogens with zero attached hydrogens (tertiary/aromatic N) is 2. The number of aliphatic hydroxyl groups is 2. The van der Waals surface area contributed by atoms with E-state index in [2.05, 4.69) is 15.6 Å². The zero-order valence-corrected chi connectivity index (χ0v) is 29.1. The second-order valence-electron chi connectivity index (χ2n) is 11.8. The van der Waals surface area contributed by atoms with Gasteiger partial charge in [-0.25, -0.2) is 4.98 Å². The van der Waals surface area contributed by atoms with Crippen LogP contribution in [0.5, 0.6) is 0 Å². The van der Waals surface area contributed by atoms with Crippen LogP contribution in [-0.4, -0.2) is 103 Å². The summed E-state index contributed by atoms with van der Waals surface area (Å²) >= 11 is 0. The maximum absolute atomic E-state index is 13.2. The Balaban J connectivity index is 1.78. The van der Waals surface area contributed by atoms with E-state index in [0.717, 1.165) is 5.76 Å². The van der Waals surface area contributed by atoms with Crippen molar-refractivity contribution in [1.29, 1.82) is 0 Å². The first-order valence-electron chi connectivity index (χ1n) is 15.8. The zero-order valence-electron chi connectivity index (χ0n) is 29.1. The lowest BCUT2D eigenvalue weighted by molar-refractivity contribution is -0.162. The number of allylic oxidation sites excluding steroid dienone is 11. The monoisotopic (exact) mass is 682 g/mol. The second-order valence-corrected chi connectivity index (χ2v) is 11.8. The molecular weight excluding hydrogens is 632 g/mol. The lowest BCUT2D eigenvalue weighted by Gasteiger charge is -2.36. The summed E-state index contributed by atoms with van der Waals surface area (Å²) in [6.45, 7) is 6.45. The van der Waals surface area contributed by atoms with Crippen molar-refractivity contribution in [3.63, 3.8) is 0 Å². The van der Waals surface area contributed by atoms with Crippen molar-refractivity contribution in [3.05, 3.63) is 103 Å². The Kier molecular flexibility index (Phi) is 17.4. The maximum Gasteiger partial charge on any atom is 0.278 e. The van der Waals surface area contributed by atoms with Gasteiger partial charge in [0.25, 0.3) is 5.91 Å². The van der Waals surface area contributed by atoms with Crippen LogP contribution in [-0.2, 0) is 35.0 Å². The van der Waals surface area contributed by atoms with E-state index in [4.69, 9.17) is 18.6 Å². The fraction of sp³-hybridized carbons (Fsp3) is 0.444. The van der Waals surface area contributed by atoms with Gasteiger partial charge < -0.3 is 44.4 Å². The van der Waals surface area contributed by atoms with Crippen molar-refractivity contribution in [2.24, 2.45) is 5.41 Å². The summed E-state index contributed by atoms with van der Waals surface area (Å²) in [5, 5.41) is 25.9. The molecule has 4 unspecified atom stereocenters. The van der Waals surface area contributed by atoms with Gasteiger partial charge in [0.2, 0.25) is 17.5 Å². The van der Waals surface area contributed by atoms with Crippen molar-refractivity contribution in [1.82, 2.24) is 20.5 Å². The number of rotatable bonds is 19. The van der Waals surface area contributed by atoms with Crippen molar-refractivity contribution in [2.45, 2.75) is 58.1 Å². The van der Waals surface area contributed by atoms with Crippen LogP contribution in [0, 0.1) is 5.41 Å². The number of hydrogen-bond acceptors (Lipinski definition) is 10. The van der Waals surface area contributed by atoms with Crippen LogP contribution in [0.4, 0.5) is 0 Å². The standard InChI is InChI=1S/C36H50N4O9/c1-27(18-14-11-12-15-19-29-22-37-25-48-29)32(43)35(3,4)33(44)38-21-17-13-9-7-8-10-16-20-31(42)39-36(24-47-26-49-36)34(45)40(5)30(23-41)28(2)46-6/h7-18,20,22,25,28,30,32,41,43H,19,21,23-24,26H2,1-6H3,(H,38,44)(H,39,42)/b9-7+,10-8+,14-11-,15-12+,17-13-,20-16+,27-18-. The average molecular weight is 683 g/mol. The van der Waals surface area contributed by atoms with Crippen molar-refractivity contribution >= 4 is 17.7 Å². The average Bonchev–Trinajstić information content (AvgIpc) is 3.79. The third-order valence-corrected chi connectivity index (χ3v) is 7.82. The molecule has 0 aliphatic carbocycles. The third kappa shape index (κ3) is 12.9. The van der Waals surface area contributed by atoms with E-state index < -0.39 is 41.2 Å². The van der Waals surface area contributed by atoms with Crippen LogP contribution >= 0.6 is 0 Å². The largest absolute Gasteiger partial charge is 0.448 e. The summed E-state index contributed by atoms with van der Waals surface area (Å²) in [4.78, 5) is 43.7. The van der Waals surface area contributed by atoms with Crippen molar-refractivity contribution in [3.8, 4) is 0 Å². The molecule has 4 atom stereocenters. The number of aromatic nitrogens is 1. The summed E-state index contributed by atoms with van der Waals surface area (Å²) < 4.78 is 21.1. The molecule has 1 fully saturated rings. The quantitative estimate of drug-likeness (QED) is 0.126. The molecule has 0 bridgehead atoms. The molecular formula is C36H50N4O9. The number of nitrogens with one attached hydrogen (secondary N) is 2. The number of oxazole rings is 1. The Morgan fingerprint density at radius 1 is 1.10 bits per heavy atom. The first-order valence-corrected chi connectivity index (χ1v) is 15.8. The Morgan fingerprint density at radius 3 is 2.41 bits per heavy atom. The molecule has 2 rings (SSSR count). The van der Waals surface area contributed by atoms with Gasteiger partial charge in [-0.2, -0.15) is 0 Å². The van der Waals surface area contributed by atoms with Gasteiger partial charge >= 0.3 is 0 Å². The van der Waals surface area contributed by atoms with E-state index in [-0.39, 0.29) is 32.5 Å². The lowest BCUT2D eigenvalue weighted by atomic mass is 9.81. The number of carbonyl (C=O) groups excluding carboxylic acids is 3. The Bertz CT molecular complexity index is 1400. The summed E-state index contributed by atoms with van der Waals surface area (Å²) in [5.74, 6) is -0.665. The number of amides is 3. The van der Waals surface area contributed by atoms with Gasteiger partial charge in [0.05, 0.1) is 36.5 Å². The SMILES string of the molecule is COC(C)C(CO)N(C)C(=O)C1(NC(=O)/C=C/C=C/C=C/C=C\CNC(=O)C(C)(C)C(O)\C(C)=C/C=C\C=C\Cc2cnco2)COCO1. The number of hydrogen-bond donors (Lipinski definition) is 4. The zero-order chi connectivity index (χ0) is 36.3. The highest BCUT2D eigenvalue weighted by atomic mass is 16.7. The summed E-state index contributed by atoms with van der Waals surface area (Å²) in [7, 11) is 2.97. The van der Waals surface area contributed by atoms with E-state index in [0.29, 0.717) is 12.0 Å². The highest BCUT2D eigenvalue weighted by Gasteiger charge is 2.48. The minimum atomic E-state index is -1.72. The Labute approximate surface area is 288 Å². The van der Waals surface area contributed by atoms with Crippen LogP contribution in [0.3, 0.4) is 0 Å². The van der Waals surface area contributed by atoms with E-state index in [1.54, 1.807) is 82.5 Å². The van der Waals surface area contributed by atoms with E-state index in [1.165, 1.54) is 37.6 Å². The first-order chi connectivity index (χ1) is 23.4. The molecule has 0 aromatic carbocycles. The van der Waals surface area contributed by atoms with Gasteiger partial charge in [-0.05, 0) is 33.3 Å². The fourth-order valence-corrected chi connectivity index (χ4v) is 4.62. The third-order valence-electron chi connectivity index (χ3n) is 7.82. The molecule has 0 saturated carbocycles. The molecule has 1 aromatic heterocycles. The van der Waals surface area contributed by atoms with Gasteiger partial charge in [0.15, 0.2) is 13.2 Å². The number of ether oxygens (including phenoxy) is 3. The molecule has 0 spiro atoms. The van der Waals surface area contributed by atoms with Crippen molar-refractivity contribution in [2.75, 3.05) is 40.7 Å². The van der Waals surface area contributed by atoms with Crippen LogP contribution in [0.1, 0.15) is 33.5 Å². The van der Waals surface area contributed by atoms with Crippen molar-refractivity contribution < 1.29 is 43.2 Å². The predicted octanol–water partition coefficient (Wildman–Crippen LogP) is 2.67. The predicted molar refractivity (Wildman–Crippen MR) is 184 cm³/mol. The molecule has 268 valence electrons. The van der Waals surface area contributed by atoms with E-state index in [9.17, 15) is 24.6 Å². The van der Waals surface area contributed by atoms with Gasteiger partial charge in [-0.15, -0.1) is 0 Å².